The van der Waals surface area contributed by atoms with Crippen LogP contribution in [0, 0.1) is 0 Å². The highest BCUT2D eigenvalue weighted by molar-refractivity contribution is 5.14. The monoisotopic (exact) mass is 135 g/mol. The van der Waals surface area contributed by atoms with Crippen LogP contribution in [0.15, 0.2) is 30.3 Å². The van der Waals surface area contributed by atoms with E-state index in [1.54, 1.807) is 0 Å². The molecule has 0 aromatic heterocycles. The largest absolute Gasteiger partial charge is 0.263 e. The molecule has 2 radical (unpaired) electrons. The molecule has 0 aliphatic carbocycles. The Balaban J connectivity index is 2.43. The minimum Gasteiger partial charge on any atom is -0.263 e. The van der Waals surface area contributed by atoms with Crippen molar-refractivity contribution in [2.45, 2.75) is 6.42 Å². The molecule has 0 bridgehead atoms. The van der Waals surface area contributed by atoms with Crippen molar-refractivity contribution in [2.24, 2.45) is 0 Å². The lowest BCUT2D eigenvalue weighted by atomic mass is 10.2. The fraction of sp³-hybridized carbons (Fsp3) is 0.250. The minimum absolute atomic E-state index is 0.365. The fourth-order valence-electron chi connectivity index (χ4n) is 0.808. The third kappa shape index (κ3) is 2.17. The van der Waals surface area contributed by atoms with Crippen molar-refractivity contribution in [3.8, 4) is 0 Å². The molecule has 0 N–H and O–H groups in total. The van der Waals surface area contributed by atoms with Gasteiger partial charge in [0.2, 0.25) is 0 Å². The van der Waals surface area contributed by atoms with Crippen molar-refractivity contribution in [2.75, 3.05) is 6.61 Å². The molecule has 2 nitrogen and oxygen atoms in total. The van der Waals surface area contributed by atoms with Crippen molar-refractivity contribution < 1.29 is 4.84 Å². The molecule has 2 heteroatoms. The van der Waals surface area contributed by atoms with Gasteiger partial charge in [-0.15, -0.1) is 0 Å². The van der Waals surface area contributed by atoms with Crippen molar-refractivity contribution in [1.29, 1.82) is 0 Å². The van der Waals surface area contributed by atoms with E-state index < -0.39 is 0 Å². The van der Waals surface area contributed by atoms with E-state index in [4.69, 9.17) is 5.90 Å². The van der Waals surface area contributed by atoms with Gasteiger partial charge in [-0.25, -0.2) is 0 Å². The Morgan fingerprint density at radius 3 is 2.50 bits per heavy atom. The third-order valence-corrected chi connectivity index (χ3v) is 1.32. The molecule has 0 atom stereocenters. The average molecular weight is 135 g/mol. The van der Waals surface area contributed by atoms with Gasteiger partial charge in [-0.3, -0.25) is 4.84 Å². The van der Waals surface area contributed by atoms with Gasteiger partial charge in [0.25, 0.3) is 0 Å². The Morgan fingerprint density at radius 2 is 1.90 bits per heavy atom. The highest BCUT2D eigenvalue weighted by Crippen LogP contribution is 1.98. The van der Waals surface area contributed by atoms with Gasteiger partial charge in [0, 0.05) is 5.90 Å². The van der Waals surface area contributed by atoms with Crippen molar-refractivity contribution >= 4 is 0 Å². The summed E-state index contributed by atoms with van der Waals surface area (Å²) in [4.78, 5) is 3.95. The van der Waals surface area contributed by atoms with Gasteiger partial charge in [-0.2, -0.15) is 0 Å². The van der Waals surface area contributed by atoms with E-state index in [2.05, 4.69) is 4.84 Å². The van der Waals surface area contributed by atoms with Gasteiger partial charge in [0.15, 0.2) is 0 Å². The summed E-state index contributed by atoms with van der Waals surface area (Å²) in [5.74, 6) is 8.03. The lowest BCUT2D eigenvalue weighted by molar-refractivity contribution is 0.121. The van der Waals surface area contributed by atoms with E-state index in [9.17, 15) is 0 Å². The molecule has 0 spiro atoms. The van der Waals surface area contributed by atoms with E-state index in [0.29, 0.717) is 6.61 Å². The standard InChI is InChI=1S/C8H9NO/c9-10-7-6-8-4-2-1-3-5-8/h1-5H,6-7H2. The maximum atomic E-state index is 8.03. The first kappa shape index (κ1) is 7.25. The Labute approximate surface area is 60.6 Å². The summed E-state index contributed by atoms with van der Waals surface area (Å²) >= 11 is 0. The molecule has 10 heavy (non-hydrogen) atoms. The smallest absolute Gasteiger partial charge is 0.0760 e. The molecule has 0 unspecified atom stereocenters. The molecule has 52 valence electrons. The van der Waals surface area contributed by atoms with E-state index in [0.717, 1.165) is 6.42 Å². The first-order chi connectivity index (χ1) is 4.93. The number of nitrogens with zero attached hydrogens (tertiary/aromatic N) is 1. The summed E-state index contributed by atoms with van der Waals surface area (Å²) in [7, 11) is 0. The number of rotatable bonds is 3. The Morgan fingerprint density at radius 1 is 1.20 bits per heavy atom. The van der Waals surface area contributed by atoms with Gasteiger partial charge in [0.05, 0.1) is 6.61 Å². The third-order valence-electron chi connectivity index (χ3n) is 1.32. The summed E-state index contributed by atoms with van der Waals surface area (Å²) < 4.78 is 0. The zero-order valence-corrected chi connectivity index (χ0v) is 5.66. The second kappa shape index (κ2) is 4.04. The van der Waals surface area contributed by atoms with Crippen LogP contribution in [0.1, 0.15) is 5.56 Å². The number of hydrogen-bond acceptors (Lipinski definition) is 1. The predicted octanol–water partition coefficient (Wildman–Crippen LogP) is 1.23. The molecule has 0 saturated heterocycles. The average Bonchev–Trinajstić information content (AvgIpc) is 2.03. The van der Waals surface area contributed by atoms with Crippen LogP contribution in [0.25, 0.3) is 0 Å². The lowest BCUT2D eigenvalue weighted by Crippen LogP contribution is -1.94. The maximum absolute atomic E-state index is 8.03. The quantitative estimate of drug-likeness (QED) is 0.573. The van der Waals surface area contributed by atoms with Crippen molar-refractivity contribution in [1.82, 2.24) is 5.90 Å². The Hall–Kier alpha value is -0.860. The molecule has 0 fully saturated rings. The van der Waals surface area contributed by atoms with Crippen LogP contribution < -0.4 is 5.90 Å². The van der Waals surface area contributed by atoms with Gasteiger partial charge in [-0.05, 0) is 12.0 Å². The summed E-state index contributed by atoms with van der Waals surface area (Å²) in [5.41, 5.74) is 1.18. The zero-order chi connectivity index (χ0) is 7.23. The maximum Gasteiger partial charge on any atom is 0.0760 e. The van der Waals surface area contributed by atoms with Gasteiger partial charge in [0.1, 0.15) is 0 Å². The van der Waals surface area contributed by atoms with E-state index in [1.807, 2.05) is 30.3 Å². The first-order valence-corrected chi connectivity index (χ1v) is 3.24. The van der Waals surface area contributed by atoms with Crippen LogP contribution in [0.3, 0.4) is 0 Å². The van der Waals surface area contributed by atoms with Crippen LogP contribution in [-0.2, 0) is 11.3 Å². The SMILES string of the molecule is [N]OCCc1ccccc1. The van der Waals surface area contributed by atoms with Gasteiger partial charge >= 0.3 is 0 Å². The second-order valence-electron chi connectivity index (χ2n) is 2.07. The fourth-order valence-corrected chi connectivity index (χ4v) is 0.808. The molecule has 1 aromatic rings. The van der Waals surface area contributed by atoms with Crippen LogP contribution in [0.4, 0.5) is 0 Å². The molecular formula is C8H9NO. The topological polar surface area (TPSA) is 31.5 Å². The first-order valence-electron chi connectivity index (χ1n) is 3.24. The van der Waals surface area contributed by atoms with Gasteiger partial charge < -0.3 is 0 Å². The number of benzene rings is 1. The van der Waals surface area contributed by atoms with Gasteiger partial charge in [-0.1, -0.05) is 30.3 Å². The highest BCUT2D eigenvalue weighted by atomic mass is 16.6. The molecule has 0 saturated carbocycles. The van der Waals surface area contributed by atoms with E-state index in [1.165, 1.54) is 5.56 Å². The molecule has 1 aromatic carbocycles. The molecule has 0 amide bonds. The Kier molecular flexibility index (Phi) is 2.93. The molecule has 1 rings (SSSR count). The van der Waals surface area contributed by atoms with Crippen molar-refractivity contribution in [3.63, 3.8) is 0 Å². The number of hydrogen-bond donors (Lipinski definition) is 0. The predicted molar refractivity (Wildman–Crippen MR) is 38.2 cm³/mol. The lowest BCUT2D eigenvalue weighted by Gasteiger charge is -1.95. The summed E-state index contributed by atoms with van der Waals surface area (Å²) in [6, 6.07) is 9.89. The van der Waals surface area contributed by atoms with Crippen LogP contribution in [0.5, 0.6) is 0 Å². The van der Waals surface area contributed by atoms with Crippen molar-refractivity contribution in [3.05, 3.63) is 35.9 Å². The molecular weight excluding hydrogens is 126 g/mol. The molecule has 0 aliphatic heterocycles. The van der Waals surface area contributed by atoms with Crippen LogP contribution in [-0.4, -0.2) is 6.61 Å². The molecule has 0 heterocycles. The molecule has 0 aliphatic rings. The zero-order valence-electron chi connectivity index (χ0n) is 5.66. The summed E-state index contributed by atoms with van der Waals surface area (Å²) in [5, 5.41) is 0. The normalized spacial score (nSPS) is 9.70. The van der Waals surface area contributed by atoms with Crippen LogP contribution in [0.2, 0.25) is 0 Å². The van der Waals surface area contributed by atoms with E-state index >= 15 is 0 Å². The van der Waals surface area contributed by atoms with E-state index in [-0.39, 0.29) is 0 Å². The van der Waals surface area contributed by atoms with Crippen LogP contribution >= 0.6 is 0 Å². The summed E-state index contributed by atoms with van der Waals surface area (Å²) in [6.07, 6.45) is 0.761. The second-order valence-corrected chi connectivity index (χ2v) is 2.07. The Bertz CT molecular complexity index is 174. The summed E-state index contributed by atoms with van der Waals surface area (Å²) in [6.45, 7) is 0.365. The highest BCUT2D eigenvalue weighted by Gasteiger charge is 1.88. The minimum atomic E-state index is 0.365.